The van der Waals surface area contributed by atoms with Crippen molar-refractivity contribution in [3.05, 3.63) is 16.1 Å². The van der Waals surface area contributed by atoms with E-state index in [4.69, 9.17) is 5.11 Å². The van der Waals surface area contributed by atoms with Gasteiger partial charge in [0.1, 0.15) is 11.7 Å². The first-order valence-corrected chi connectivity index (χ1v) is 7.71. The molecule has 0 spiro atoms. The van der Waals surface area contributed by atoms with Gasteiger partial charge in [-0.3, -0.25) is 9.59 Å². The number of aromatic nitrogens is 1. The molecular weight excluding hydrogens is 351 g/mol. The Kier molecular flexibility index (Phi) is 6.70. The highest BCUT2D eigenvalue weighted by Gasteiger charge is 2.35. The number of alkyl halides is 3. The molecule has 0 radical (unpaired) electrons. The predicted octanol–water partition coefficient (Wildman–Crippen LogP) is 1.51. The van der Waals surface area contributed by atoms with E-state index in [0.717, 1.165) is 5.38 Å². The summed E-state index contributed by atoms with van der Waals surface area (Å²) in [6, 6.07) is -1.11. The van der Waals surface area contributed by atoms with Crippen LogP contribution in [0.5, 0.6) is 0 Å². The Hall–Kier alpha value is -2.17. The molecule has 11 heteroatoms. The Morgan fingerprint density at radius 3 is 2.42 bits per heavy atom. The SMILES string of the molecule is CC(C)C[C@H](NC(=O)CNC(=O)c1csc(C(F)(F)F)n1)C(=O)O. The number of nitrogens with one attached hydrogen (secondary N) is 2. The smallest absolute Gasteiger partial charge is 0.443 e. The van der Waals surface area contributed by atoms with Gasteiger partial charge in [-0.25, -0.2) is 9.78 Å². The first-order chi connectivity index (χ1) is 11.0. The fraction of sp³-hybridized carbons (Fsp3) is 0.538. The Morgan fingerprint density at radius 2 is 1.96 bits per heavy atom. The van der Waals surface area contributed by atoms with Crippen molar-refractivity contribution in [2.45, 2.75) is 32.5 Å². The molecule has 0 unspecified atom stereocenters. The lowest BCUT2D eigenvalue weighted by Gasteiger charge is -2.16. The molecule has 0 fully saturated rings. The van der Waals surface area contributed by atoms with Gasteiger partial charge in [0.15, 0.2) is 5.01 Å². The second-order valence-corrected chi connectivity index (χ2v) is 6.16. The van der Waals surface area contributed by atoms with E-state index < -0.39 is 47.2 Å². The summed E-state index contributed by atoms with van der Waals surface area (Å²) in [5.74, 6) is -2.90. The molecule has 1 heterocycles. The minimum absolute atomic E-state index is 0.0248. The van der Waals surface area contributed by atoms with Crippen LogP contribution in [0.2, 0.25) is 0 Å². The van der Waals surface area contributed by atoms with Crippen molar-refractivity contribution in [3.63, 3.8) is 0 Å². The van der Waals surface area contributed by atoms with Crippen molar-refractivity contribution in [2.24, 2.45) is 5.92 Å². The van der Waals surface area contributed by atoms with E-state index in [1.165, 1.54) is 0 Å². The van der Waals surface area contributed by atoms with Crippen molar-refractivity contribution in [3.8, 4) is 0 Å². The minimum Gasteiger partial charge on any atom is -0.480 e. The molecule has 0 aliphatic carbocycles. The Bertz CT molecular complexity index is 616. The third-order valence-corrected chi connectivity index (χ3v) is 3.62. The largest absolute Gasteiger partial charge is 0.480 e. The third kappa shape index (κ3) is 6.14. The highest BCUT2D eigenvalue weighted by Crippen LogP contribution is 2.31. The lowest BCUT2D eigenvalue weighted by atomic mass is 10.0. The van der Waals surface area contributed by atoms with Crippen molar-refractivity contribution in [1.82, 2.24) is 15.6 Å². The van der Waals surface area contributed by atoms with Gasteiger partial charge in [-0.05, 0) is 12.3 Å². The number of nitrogens with zero attached hydrogens (tertiary/aromatic N) is 1. The van der Waals surface area contributed by atoms with E-state index in [2.05, 4.69) is 15.6 Å². The summed E-state index contributed by atoms with van der Waals surface area (Å²) >= 11 is 0.265. The Balaban J connectivity index is 2.55. The lowest BCUT2D eigenvalue weighted by Crippen LogP contribution is -2.46. The molecule has 3 N–H and O–H groups in total. The van der Waals surface area contributed by atoms with Crippen molar-refractivity contribution < 1.29 is 32.7 Å². The van der Waals surface area contributed by atoms with Crippen LogP contribution in [0.25, 0.3) is 0 Å². The van der Waals surface area contributed by atoms with E-state index >= 15 is 0 Å². The van der Waals surface area contributed by atoms with Gasteiger partial charge in [0.05, 0.1) is 6.54 Å². The zero-order valence-corrected chi connectivity index (χ0v) is 13.6. The zero-order valence-electron chi connectivity index (χ0n) is 12.8. The molecule has 0 aliphatic rings. The molecule has 0 saturated carbocycles. The molecule has 0 aliphatic heterocycles. The van der Waals surface area contributed by atoms with Gasteiger partial charge in [0, 0.05) is 5.38 Å². The van der Waals surface area contributed by atoms with E-state index in [1.807, 2.05) is 0 Å². The van der Waals surface area contributed by atoms with Gasteiger partial charge in [-0.2, -0.15) is 13.2 Å². The zero-order chi connectivity index (χ0) is 18.5. The molecule has 134 valence electrons. The van der Waals surface area contributed by atoms with E-state index in [9.17, 15) is 27.6 Å². The number of aliphatic carboxylic acids is 1. The summed E-state index contributed by atoms with van der Waals surface area (Å²) in [5.41, 5.74) is -0.461. The summed E-state index contributed by atoms with van der Waals surface area (Å²) in [4.78, 5) is 37.5. The van der Waals surface area contributed by atoms with Crippen LogP contribution < -0.4 is 10.6 Å². The average molecular weight is 367 g/mol. The maximum Gasteiger partial charge on any atom is 0.443 e. The summed E-state index contributed by atoms with van der Waals surface area (Å²) in [6.45, 7) is 2.99. The minimum atomic E-state index is -4.65. The fourth-order valence-electron chi connectivity index (χ4n) is 1.70. The van der Waals surface area contributed by atoms with Crippen LogP contribution in [0, 0.1) is 5.92 Å². The van der Waals surface area contributed by atoms with Crippen LogP contribution in [-0.4, -0.2) is 40.5 Å². The van der Waals surface area contributed by atoms with E-state index in [1.54, 1.807) is 13.8 Å². The number of carbonyl (C=O) groups is 3. The first-order valence-electron chi connectivity index (χ1n) is 6.83. The van der Waals surface area contributed by atoms with Crippen LogP contribution in [0.4, 0.5) is 13.2 Å². The van der Waals surface area contributed by atoms with Gasteiger partial charge in [0.25, 0.3) is 5.91 Å². The highest BCUT2D eigenvalue weighted by molar-refractivity contribution is 7.09. The molecule has 0 bridgehead atoms. The molecule has 1 aromatic rings. The van der Waals surface area contributed by atoms with Gasteiger partial charge in [-0.1, -0.05) is 13.8 Å². The van der Waals surface area contributed by atoms with Crippen molar-refractivity contribution >= 4 is 29.1 Å². The number of halogens is 3. The second-order valence-electron chi connectivity index (χ2n) is 5.31. The molecular formula is C13H16F3N3O4S. The summed E-state index contributed by atoms with van der Waals surface area (Å²) in [5, 5.41) is 13.1. The Labute approximate surface area is 139 Å². The van der Waals surface area contributed by atoms with Crippen LogP contribution in [0.3, 0.4) is 0 Å². The van der Waals surface area contributed by atoms with Crippen molar-refractivity contribution in [1.29, 1.82) is 0 Å². The number of amides is 2. The number of rotatable bonds is 7. The molecule has 1 aromatic heterocycles. The summed E-state index contributed by atoms with van der Waals surface area (Å²) < 4.78 is 37.2. The van der Waals surface area contributed by atoms with Crippen molar-refractivity contribution in [2.75, 3.05) is 6.54 Å². The predicted molar refractivity (Wildman–Crippen MR) is 78.5 cm³/mol. The van der Waals surface area contributed by atoms with Gasteiger partial charge < -0.3 is 15.7 Å². The standard InChI is InChI=1S/C13H16F3N3O4S/c1-6(2)3-7(11(22)23)18-9(20)4-17-10(21)8-5-24-12(19-8)13(14,15)16/h5-7H,3-4H2,1-2H3,(H,17,21)(H,18,20)(H,22,23)/t7-/m0/s1. The summed E-state index contributed by atoms with van der Waals surface area (Å²) in [6.07, 6.45) is -4.44. The van der Waals surface area contributed by atoms with Crippen LogP contribution in [-0.2, 0) is 15.8 Å². The van der Waals surface area contributed by atoms with Gasteiger partial charge >= 0.3 is 12.1 Å². The third-order valence-electron chi connectivity index (χ3n) is 2.73. The lowest BCUT2D eigenvalue weighted by molar-refractivity contribution is -0.142. The number of carbonyl (C=O) groups excluding carboxylic acids is 2. The van der Waals surface area contributed by atoms with Crippen LogP contribution in [0.15, 0.2) is 5.38 Å². The quantitative estimate of drug-likeness (QED) is 0.677. The molecule has 7 nitrogen and oxygen atoms in total. The van der Waals surface area contributed by atoms with Crippen LogP contribution >= 0.6 is 11.3 Å². The average Bonchev–Trinajstić information content (AvgIpc) is 2.93. The van der Waals surface area contributed by atoms with Gasteiger partial charge in [-0.15, -0.1) is 11.3 Å². The molecule has 24 heavy (non-hydrogen) atoms. The number of carboxylic acid groups (broad SMARTS) is 1. The topological polar surface area (TPSA) is 108 Å². The van der Waals surface area contributed by atoms with Gasteiger partial charge in [0.2, 0.25) is 5.91 Å². The van der Waals surface area contributed by atoms with E-state index in [0.29, 0.717) is 0 Å². The fourth-order valence-corrected chi connectivity index (χ4v) is 2.37. The molecule has 2 amide bonds. The first kappa shape index (κ1) is 19.9. The molecule has 0 aromatic carbocycles. The number of hydrogen-bond acceptors (Lipinski definition) is 5. The molecule has 1 rings (SSSR count). The van der Waals surface area contributed by atoms with Crippen LogP contribution in [0.1, 0.15) is 35.8 Å². The number of carboxylic acids is 1. The highest BCUT2D eigenvalue weighted by atomic mass is 32.1. The monoisotopic (exact) mass is 367 g/mol. The maximum atomic E-state index is 12.4. The Morgan fingerprint density at radius 1 is 1.33 bits per heavy atom. The second kappa shape index (κ2) is 8.08. The summed E-state index contributed by atoms with van der Waals surface area (Å²) in [7, 11) is 0. The number of thiazole rings is 1. The molecule has 1 atom stereocenters. The maximum absolute atomic E-state index is 12.4. The molecule has 0 saturated heterocycles. The van der Waals surface area contributed by atoms with E-state index in [-0.39, 0.29) is 23.7 Å². The number of hydrogen-bond donors (Lipinski definition) is 3. The normalized spacial score (nSPS) is 12.8.